The second kappa shape index (κ2) is 7.56. The van der Waals surface area contributed by atoms with E-state index in [-0.39, 0.29) is 10.8 Å². The van der Waals surface area contributed by atoms with Crippen molar-refractivity contribution in [3.8, 4) is 22.3 Å². The van der Waals surface area contributed by atoms with E-state index in [0.29, 0.717) is 0 Å². The van der Waals surface area contributed by atoms with Crippen molar-refractivity contribution in [3.05, 3.63) is 117 Å². The summed E-state index contributed by atoms with van der Waals surface area (Å²) in [4.78, 5) is 0. The second-order valence-corrected chi connectivity index (χ2v) is 11.5. The monoisotopic (exact) mass is 454 g/mol. The van der Waals surface area contributed by atoms with Gasteiger partial charge in [0.1, 0.15) is 0 Å². The molecule has 0 atom stereocenters. The van der Waals surface area contributed by atoms with Gasteiger partial charge in [-0.25, -0.2) is 0 Å². The van der Waals surface area contributed by atoms with E-state index < -0.39 is 0 Å². The summed E-state index contributed by atoms with van der Waals surface area (Å²) in [5.41, 5.74) is 16.6. The van der Waals surface area contributed by atoms with Gasteiger partial charge in [-0.2, -0.15) is 0 Å². The highest BCUT2D eigenvalue weighted by Gasteiger charge is 2.36. The molecular formula is C35H34. The predicted molar refractivity (Wildman–Crippen MR) is 151 cm³/mol. The smallest absolute Gasteiger partial charge is 0.0159 e. The fourth-order valence-corrected chi connectivity index (χ4v) is 6.29. The zero-order chi connectivity index (χ0) is 24.5. The third-order valence-electron chi connectivity index (χ3n) is 8.50. The van der Waals surface area contributed by atoms with Crippen molar-refractivity contribution in [3.63, 3.8) is 0 Å². The van der Waals surface area contributed by atoms with E-state index >= 15 is 0 Å². The van der Waals surface area contributed by atoms with Crippen LogP contribution in [-0.2, 0) is 17.3 Å². The number of fused-ring (bicyclic) bond motifs is 6. The molecule has 0 saturated heterocycles. The van der Waals surface area contributed by atoms with Gasteiger partial charge in [-0.05, 0) is 74.5 Å². The lowest BCUT2D eigenvalue weighted by Crippen LogP contribution is -2.15. The van der Waals surface area contributed by atoms with Crippen molar-refractivity contribution in [2.24, 2.45) is 0 Å². The Kier molecular flexibility index (Phi) is 4.77. The van der Waals surface area contributed by atoms with Gasteiger partial charge in [-0.15, -0.1) is 0 Å². The van der Waals surface area contributed by atoms with E-state index in [1.54, 1.807) is 0 Å². The van der Waals surface area contributed by atoms with Crippen molar-refractivity contribution >= 4 is 12.2 Å². The van der Waals surface area contributed by atoms with E-state index in [1.165, 1.54) is 66.8 Å². The van der Waals surface area contributed by atoms with E-state index in [9.17, 15) is 0 Å². The van der Waals surface area contributed by atoms with E-state index in [1.807, 2.05) is 0 Å². The molecule has 6 rings (SSSR count). The van der Waals surface area contributed by atoms with Gasteiger partial charge in [-0.1, -0.05) is 125 Å². The molecule has 4 aromatic rings. The number of benzene rings is 4. The second-order valence-electron chi connectivity index (χ2n) is 11.5. The quantitative estimate of drug-likeness (QED) is 0.270. The van der Waals surface area contributed by atoms with Gasteiger partial charge in [0.25, 0.3) is 0 Å². The van der Waals surface area contributed by atoms with Crippen molar-refractivity contribution in [1.29, 1.82) is 0 Å². The molecule has 2 aliphatic carbocycles. The van der Waals surface area contributed by atoms with Gasteiger partial charge in [0.05, 0.1) is 0 Å². The predicted octanol–water partition coefficient (Wildman–Crippen LogP) is 9.34. The van der Waals surface area contributed by atoms with Crippen LogP contribution in [0.5, 0.6) is 0 Å². The summed E-state index contributed by atoms with van der Waals surface area (Å²) in [5.74, 6) is 0. The van der Waals surface area contributed by atoms with Crippen molar-refractivity contribution < 1.29 is 0 Å². The summed E-state index contributed by atoms with van der Waals surface area (Å²) in [6.07, 6.45) is 5.63. The molecule has 0 aliphatic heterocycles. The largest absolute Gasteiger partial charge is 0.0613 e. The Labute approximate surface area is 210 Å². The Hall–Kier alpha value is -3.38. The Morgan fingerprint density at radius 3 is 1.49 bits per heavy atom. The van der Waals surface area contributed by atoms with Gasteiger partial charge in [0.2, 0.25) is 0 Å². The minimum absolute atomic E-state index is 0.0290. The van der Waals surface area contributed by atoms with Crippen LogP contribution in [0.4, 0.5) is 0 Å². The van der Waals surface area contributed by atoms with Gasteiger partial charge in [0.15, 0.2) is 0 Å². The maximum Gasteiger partial charge on any atom is 0.0159 e. The van der Waals surface area contributed by atoms with Crippen LogP contribution in [0.3, 0.4) is 0 Å². The SMILES string of the molecule is CCc1ccc2c(c1)C(C)(C)c1cc(C=Cc3ccc4c(c3)C(C)(C)c3cc(C)ccc3-4)ccc1-2. The molecule has 0 nitrogen and oxygen atoms in total. The average molecular weight is 455 g/mol. The lowest BCUT2D eigenvalue weighted by Gasteiger charge is -2.22. The van der Waals surface area contributed by atoms with E-state index in [0.717, 1.165) is 6.42 Å². The minimum Gasteiger partial charge on any atom is -0.0613 e. The lowest BCUT2D eigenvalue weighted by atomic mass is 9.81. The Morgan fingerprint density at radius 2 is 0.971 bits per heavy atom. The van der Waals surface area contributed by atoms with Gasteiger partial charge in [-0.3, -0.25) is 0 Å². The third-order valence-corrected chi connectivity index (χ3v) is 8.50. The lowest BCUT2D eigenvalue weighted by molar-refractivity contribution is 0.659. The molecule has 0 aromatic heterocycles. The zero-order valence-corrected chi connectivity index (χ0v) is 21.8. The highest BCUT2D eigenvalue weighted by Crippen LogP contribution is 2.50. The summed E-state index contributed by atoms with van der Waals surface area (Å²) >= 11 is 0. The fraction of sp³-hybridized carbons (Fsp3) is 0.257. The standard InChI is InChI=1S/C35H34/c1-7-23-11-15-27-29-17-13-25(21-33(29)35(5,6)31(27)19-23)10-9-24-12-16-28-26-14-8-22(2)18-30(26)34(3,4)32(28)20-24/h8-21H,7H2,1-6H3. The zero-order valence-electron chi connectivity index (χ0n) is 21.8. The fourth-order valence-electron chi connectivity index (χ4n) is 6.29. The normalized spacial score (nSPS) is 16.2. The summed E-state index contributed by atoms with van der Waals surface area (Å²) in [6.45, 7) is 13.9. The first-order valence-electron chi connectivity index (χ1n) is 12.9. The van der Waals surface area contributed by atoms with Crippen LogP contribution in [0.25, 0.3) is 34.4 Å². The van der Waals surface area contributed by atoms with Crippen LogP contribution >= 0.6 is 0 Å². The van der Waals surface area contributed by atoms with Crippen LogP contribution in [0.2, 0.25) is 0 Å². The molecule has 174 valence electrons. The number of hydrogen-bond donors (Lipinski definition) is 0. The molecule has 0 saturated carbocycles. The molecule has 0 heteroatoms. The first-order chi connectivity index (χ1) is 16.7. The molecule has 0 radical (unpaired) electrons. The Morgan fingerprint density at radius 1 is 0.543 bits per heavy atom. The summed E-state index contributed by atoms with van der Waals surface area (Å²) in [7, 11) is 0. The van der Waals surface area contributed by atoms with Crippen molar-refractivity contribution in [2.75, 3.05) is 0 Å². The van der Waals surface area contributed by atoms with Crippen LogP contribution in [0, 0.1) is 6.92 Å². The maximum absolute atomic E-state index is 2.41. The van der Waals surface area contributed by atoms with Crippen molar-refractivity contribution in [1.82, 2.24) is 0 Å². The molecule has 0 heterocycles. The molecule has 0 N–H and O–H groups in total. The highest BCUT2D eigenvalue weighted by molar-refractivity contribution is 5.85. The molecular weight excluding hydrogens is 420 g/mol. The average Bonchev–Trinajstić information content (AvgIpc) is 3.21. The summed E-state index contributed by atoms with van der Waals surface area (Å²) < 4.78 is 0. The topological polar surface area (TPSA) is 0 Å². The Balaban J connectivity index is 1.34. The van der Waals surface area contributed by atoms with Gasteiger partial charge < -0.3 is 0 Å². The summed E-state index contributed by atoms with van der Waals surface area (Å²) in [5, 5.41) is 0. The molecule has 2 aliphatic rings. The number of aryl methyl sites for hydroxylation is 2. The van der Waals surface area contributed by atoms with E-state index in [2.05, 4.69) is 126 Å². The molecule has 35 heavy (non-hydrogen) atoms. The van der Waals surface area contributed by atoms with Gasteiger partial charge >= 0.3 is 0 Å². The first-order valence-corrected chi connectivity index (χ1v) is 12.9. The van der Waals surface area contributed by atoms with Gasteiger partial charge in [0, 0.05) is 10.8 Å². The van der Waals surface area contributed by atoms with Crippen LogP contribution in [0.1, 0.15) is 79.1 Å². The molecule has 0 spiro atoms. The number of hydrogen-bond acceptors (Lipinski definition) is 0. The van der Waals surface area contributed by atoms with Crippen molar-refractivity contribution in [2.45, 2.75) is 58.8 Å². The molecule has 0 unspecified atom stereocenters. The Bertz CT molecular complexity index is 1520. The number of rotatable bonds is 3. The molecule has 0 bridgehead atoms. The van der Waals surface area contributed by atoms with Crippen LogP contribution in [0.15, 0.2) is 72.8 Å². The van der Waals surface area contributed by atoms with Crippen LogP contribution < -0.4 is 0 Å². The third kappa shape index (κ3) is 3.27. The van der Waals surface area contributed by atoms with E-state index in [4.69, 9.17) is 0 Å². The molecule has 0 fully saturated rings. The molecule has 4 aromatic carbocycles. The first kappa shape index (κ1) is 22.1. The minimum atomic E-state index is 0.0290. The highest BCUT2D eigenvalue weighted by atomic mass is 14.4. The molecule has 0 amide bonds. The van der Waals surface area contributed by atoms with Crippen LogP contribution in [-0.4, -0.2) is 0 Å². The summed E-state index contributed by atoms with van der Waals surface area (Å²) in [6, 6.07) is 27.9. The maximum atomic E-state index is 2.41.